The average molecular weight is 299 g/mol. The molecule has 1 atom stereocenters. The van der Waals surface area contributed by atoms with Crippen LogP contribution in [0.2, 0.25) is 0 Å². The molecule has 1 N–H and O–H groups in total. The van der Waals surface area contributed by atoms with E-state index in [1.807, 2.05) is 0 Å². The van der Waals surface area contributed by atoms with Crippen LogP contribution in [0.25, 0.3) is 5.69 Å². The maximum Gasteiger partial charge on any atom is 0.416 e. The van der Waals surface area contributed by atoms with Crippen molar-refractivity contribution >= 4 is 5.97 Å². The Balaban J connectivity index is 2.16. The van der Waals surface area contributed by atoms with Gasteiger partial charge in [0, 0.05) is 6.42 Å². The molecule has 0 bridgehead atoms. The summed E-state index contributed by atoms with van der Waals surface area (Å²) in [5, 5.41) is 16.4. The van der Waals surface area contributed by atoms with Crippen molar-refractivity contribution < 1.29 is 23.1 Å². The summed E-state index contributed by atoms with van der Waals surface area (Å²) >= 11 is 0. The van der Waals surface area contributed by atoms with E-state index in [2.05, 4.69) is 10.3 Å². The van der Waals surface area contributed by atoms with Crippen molar-refractivity contribution in [2.75, 3.05) is 0 Å². The minimum absolute atomic E-state index is 0.204. The number of carboxylic acids is 1. The van der Waals surface area contributed by atoms with Gasteiger partial charge in [0.15, 0.2) is 0 Å². The summed E-state index contributed by atoms with van der Waals surface area (Å²) in [6.07, 6.45) is -2.68. The fourth-order valence-electron chi connectivity index (χ4n) is 1.72. The molecule has 0 spiro atoms. The first-order valence-corrected chi connectivity index (χ1v) is 6.09. The Morgan fingerprint density at radius 3 is 2.48 bits per heavy atom. The second-order valence-electron chi connectivity index (χ2n) is 4.64. The third-order valence-electron chi connectivity index (χ3n) is 2.94. The lowest BCUT2D eigenvalue weighted by Gasteiger charge is -2.07. The van der Waals surface area contributed by atoms with Crippen molar-refractivity contribution in [3.8, 4) is 5.69 Å². The Bertz CT molecular complexity index is 635. The lowest BCUT2D eigenvalue weighted by atomic mass is 10.1. The molecule has 1 heterocycles. The summed E-state index contributed by atoms with van der Waals surface area (Å²) in [6, 6.07) is 4.47. The Kier molecular flexibility index (Phi) is 3.97. The van der Waals surface area contributed by atoms with Gasteiger partial charge in [-0.05, 0) is 24.3 Å². The van der Waals surface area contributed by atoms with Gasteiger partial charge in [-0.25, -0.2) is 4.68 Å². The number of carbonyl (C=O) groups is 1. The van der Waals surface area contributed by atoms with Gasteiger partial charge in [-0.2, -0.15) is 13.2 Å². The third kappa shape index (κ3) is 3.59. The molecular weight excluding hydrogens is 287 g/mol. The maximum absolute atomic E-state index is 12.5. The Hall–Kier alpha value is -2.38. The van der Waals surface area contributed by atoms with Crippen molar-refractivity contribution in [3.63, 3.8) is 0 Å². The zero-order valence-electron chi connectivity index (χ0n) is 11.0. The Morgan fingerprint density at radius 1 is 1.33 bits per heavy atom. The first kappa shape index (κ1) is 15.0. The largest absolute Gasteiger partial charge is 0.481 e. The van der Waals surface area contributed by atoms with E-state index in [-0.39, 0.29) is 6.42 Å². The normalized spacial score (nSPS) is 13.1. The molecule has 0 radical (unpaired) electrons. The fraction of sp³-hybridized carbons (Fsp3) is 0.308. The molecule has 0 aliphatic rings. The molecule has 0 saturated heterocycles. The van der Waals surface area contributed by atoms with Gasteiger partial charge in [0.05, 0.1) is 29.1 Å². The van der Waals surface area contributed by atoms with Gasteiger partial charge in [0.1, 0.15) is 0 Å². The van der Waals surface area contributed by atoms with Crippen LogP contribution >= 0.6 is 0 Å². The highest BCUT2D eigenvalue weighted by atomic mass is 19.4. The van der Waals surface area contributed by atoms with Gasteiger partial charge in [-0.1, -0.05) is 12.1 Å². The molecule has 2 rings (SSSR count). The second kappa shape index (κ2) is 5.55. The number of alkyl halides is 3. The maximum atomic E-state index is 12.5. The molecule has 0 saturated carbocycles. The number of nitrogens with zero attached hydrogens (tertiary/aromatic N) is 3. The molecule has 8 heteroatoms. The van der Waals surface area contributed by atoms with Crippen LogP contribution in [0.15, 0.2) is 30.5 Å². The molecule has 0 aliphatic carbocycles. The summed E-state index contributed by atoms with van der Waals surface area (Å²) in [5.74, 6) is -1.55. The highest BCUT2D eigenvalue weighted by Gasteiger charge is 2.30. The highest BCUT2D eigenvalue weighted by Crippen LogP contribution is 2.29. The first-order valence-electron chi connectivity index (χ1n) is 6.09. The van der Waals surface area contributed by atoms with Crippen LogP contribution in [0.1, 0.15) is 18.2 Å². The topological polar surface area (TPSA) is 68.0 Å². The summed E-state index contributed by atoms with van der Waals surface area (Å²) in [5.41, 5.74) is 0.139. The second-order valence-corrected chi connectivity index (χ2v) is 4.64. The lowest BCUT2D eigenvalue weighted by molar-refractivity contribution is -0.141. The van der Waals surface area contributed by atoms with Gasteiger partial charge in [0.25, 0.3) is 0 Å². The average Bonchev–Trinajstić information content (AvgIpc) is 2.86. The van der Waals surface area contributed by atoms with E-state index in [0.717, 1.165) is 12.1 Å². The van der Waals surface area contributed by atoms with Crippen LogP contribution in [0.3, 0.4) is 0 Å². The van der Waals surface area contributed by atoms with Crippen molar-refractivity contribution in [2.45, 2.75) is 19.5 Å². The molecule has 1 aromatic carbocycles. The van der Waals surface area contributed by atoms with Crippen LogP contribution < -0.4 is 0 Å². The minimum atomic E-state index is -4.39. The smallest absolute Gasteiger partial charge is 0.416 e. The molecule has 0 aliphatic heterocycles. The molecule has 112 valence electrons. The van der Waals surface area contributed by atoms with Crippen molar-refractivity contribution in [2.24, 2.45) is 5.92 Å². The van der Waals surface area contributed by atoms with E-state index in [1.165, 1.54) is 23.0 Å². The van der Waals surface area contributed by atoms with E-state index < -0.39 is 23.6 Å². The van der Waals surface area contributed by atoms with E-state index in [0.29, 0.717) is 11.4 Å². The number of hydrogen-bond acceptors (Lipinski definition) is 3. The van der Waals surface area contributed by atoms with Crippen LogP contribution in [-0.4, -0.2) is 26.1 Å². The van der Waals surface area contributed by atoms with Crippen molar-refractivity contribution in [1.82, 2.24) is 15.0 Å². The first-order chi connectivity index (χ1) is 9.77. The molecule has 1 unspecified atom stereocenters. The van der Waals surface area contributed by atoms with Crippen LogP contribution in [0, 0.1) is 5.92 Å². The van der Waals surface area contributed by atoms with E-state index in [1.54, 1.807) is 6.92 Å². The zero-order valence-corrected chi connectivity index (χ0v) is 11.0. The number of rotatable bonds is 4. The SMILES string of the molecule is CC(Cc1cn(-c2ccc(C(F)(F)F)cc2)nn1)C(=O)O. The van der Waals surface area contributed by atoms with Crippen LogP contribution in [-0.2, 0) is 17.4 Å². The predicted molar refractivity (Wildman–Crippen MR) is 66.9 cm³/mol. The van der Waals surface area contributed by atoms with Gasteiger partial charge < -0.3 is 5.11 Å². The number of aromatic nitrogens is 3. The predicted octanol–water partition coefficient (Wildman–Crippen LogP) is 2.55. The van der Waals surface area contributed by atoms with Crippen LogP contribution in [0.4, 0.5) is 13.2 Å². The molecule has 0 fully saturated rings. The van der Waals surface area contributed by atoms with E-state index >= 15 is 0 Å². The van der Waals surface area contributed by atoms with Crippen molar-refractivity contribution in [1.29, 1.82) is 0 Å². The number of halogens is 3. The molecule has 21 heavy (non-hydrogen) atoms. The number of hydrogen-bond donors (Lipinski definition) is 1. The molecular formula is C13H12F3N3O2. The van der Waals surface area contributed by atoms with Gasteiger partial charge in [0.2, 0.25) is 0 Å². The summed E-state index contributed by atoms with van der Waals surface area (Å²) in [4.78, 5) is 10.8. The number of carboxylic acid groups (broad SMARTS) is 1. The third-order valence-corrected chi connectivity index (χ3v) is 2.94. The summed E-state index contributed by atoms with van der Waals surface area (Å²) in [6.45, 7) is 1.54. The minimum Gasteiger partial charge on any atom is -0.481 e. The van der Waals surface area contributed by atoms with Crippen LogP contribution in [0.5, 0.6) is 0 Å². The number of aliphatic carboxylic acids is 1. The number of benzene rings is 1. The molecule has 2 aromatic rings. The van der Waals surface area contributed by atoms with E-state index in [4.69, 9.17) is 5.11 Å². The van der Waals surface area contributed by atoms with Crippen molar-refractivity contribution in [3.05, 3.63) is 41.7 Å². The zero-order chi connectivity index (χ0) is 15.6. The van der Waals surface area contributed by atoms with E-state index in [9.17, 15) is 18.0 Å². The van der Waals surface area contributed by atoms with Gasteiger partial charge >= 0.3 is 12.1 Å². The Labute approximate surface area is 118 Å². The lowest BCUT2D eigenvalue weighted by Crippen LogP contribution is -2.12. The molecule has 5 nitrogen and oxygen atoms in total. The Morgan fingerprint density at radius 2 is 1.95 bits per heavy atom. The summed E-state index contributed by atoms with van der Waals surface area (Å²) < 4.78 is 38.7. The van der Waals surface area contributed by atoms with Gasteiger partial charge in [-0.3, -0.25) is 4.79 Å². The monoisotopic (exact) mass is 299 g/mol. The quantitative estimate of drug-likeness (QED) is 0.942. The molecule has 1 aromatic heterocycles. The standard InChI is InChI=1S/C13H12F3N3O2/c1-8(12(20)21)6-10-7-19(18-17-10)11-4-2-9(3-5-11)13(14,15)16/h2-5,7-8H,6H2,1H3,(H,20,21). The fourth-order valence-corrected chi connectivity index (χ4v) is 1.72. The van der Waals surface area contributed by atoms with Gasteiger partial charge in [-0.15, -0.1) is 5.10 Å². The molecule has 0 amide bonds. The summed E-state index contributed by atoms with van der Waals surface area (Å²) in [7, 11) is 0. The highest BCUT2D eigenvalue weighted by molar-refractivity contribution is 5.69.